The van der Waals surface area contributed by atoms with E-state index in [1.54, 1.807) is 11.3 Å². The molecule has 2 aromatic carbocycles. The van der Waals surface area contributed by atoms with Crippen molar-refractivity contribution in [1.29, 1.82) is 0 Å². The van der Waals surface area contributed by atoms with Crippen LogP contribution in [0.25, 0.3) is 10.8 Å². The molecule has 3 aromatic heterocycles. The molecule has 0 N–H and O–H groups in total. The van der Waals surface area contributed by atoms with Gasteiger partial charge in [-0.15, -0.1) is 31.7 Å². The lowest BCUT2D eigenvalue weighted by atomic mass is 10.2. The van der Waals surface area contributed by atoms with Crippen LogP contribution in [0, 0.1) is 6.92 Å². The molecule has 37 heavy (non-hydrogen) atoms. The molecule has 190 valence electrons. The first-order chi connectivity index (χ1) is 18.1. The first-order valence-electron chi connectivity index (χ1n) is 12.4. The van der Waals surface area contributed by atoms with Gasteiger partial charge < -0.3 is 9.15 Å². The van der Waals surface area contributed by atoms with Crippen LogP contribution in [0.15, 0.2) is 70.2 Å². The van der Waals surface area contributed by atoms with Gasteiger partial charge in [-0.3, -0.25) is 4.57 Å². The maximum absolute atomic E-state index is 6.05. The smallest absolute Gasteiger partial charge is 0.257 e. The van der Waals surface area contributed by atoms with Gasteiger partial charge in [0.15, 0.2) is 11.0 Å². The Kier molecular flexibility index (Phi) is 8.01. The van der Waals surface area contributed by atoms with Crippen LogP contribution < -0.4 is 4.74 Å². The second kappa shape index (κ2) is 11.7. The third kappa shape index (κ3) is 6.11. The number of thioether (sulfide) groups is 1. The number of aromatic nitrogens is 5. The summed E-state index contributed by atoms with van der Waals surface area (Å²) >= 11 is 3.24. The van der Waals surface area contributed by atoms with Crippen LogP contribution in [0.2, 0.25) is 0 Å². The molecule has 0 aliphatic heterocycles. The third-order valence-corrected chi connectivity index (χ3v) is 8.34. The van der Waals surface area contributed by atoms with Gasteiger partial charge in [0, 0.05) is 4.88 Å². The average molecular weight is 532 g/mol. The highest BCUT2D eigenvalue weighted by molar-refractivity contribution is 7.98. The number of benzene rings is 2. The van der Waals surface area contributed by atoms with Gasteiger partial charge in [-0.1, -0.05) is 68.1 Å². The summed E-state index contributed by atoms with van der Waals surface area (Å²) in [5.41, 5.74) is 3.71. The molecule has 0 unspecified atom stereocenters. The zero-order valence-corrected chi connectivity index (χ0v) is 22.8. The van der Waals surface area contributed by atoms with Crippen LogP contribution in [0.5, 0.6) is 5.75 Å². The Labute approximate surface area is 224 Å². The lowest BCUT2D eigenvalue weighted by Gasteiger charge is -2.11. The fraction of sp³-hybridized carbons (Fsp3) is 0.286. The second-order valence-electron chi connectivity index (χ2n) is 8.62. The minimum atomic E-state index is 0.327. The lowest BCUT2D eigenvalue weighted by molar-refractivity contribution is 0.289. The van der Waals surface area contributed by atoms with Crippen molar-refractivity contribution in [2.24, 2.45) is 0 Å². The van der Waals surface area contributed by atoms with E-state index in [4.69, 9.17) is 9.15 Å². The Balaban J connectivity index is 1.31. The van der Waals surface area contributed by atoms with Crippen molar-refractivity contribution in [3.63, 3.8) is 0 Å². The minimum Gasteiger partial charge on any atom is -0.486 e. The summed E-state index contributed by atoms with van der Waals surface area (Å²) in [5, 5.41) is 18.2. The molecule has 3 heterocycles. The minimum absolute atomic E-state index is 0.327. The molecule has 0 saturated heterocycles. The zero-order valence-electron chi connectivity index (χ0n) is 21.2. The molecule has 0 amide bonds. The molecular weight excluding hydrogens is 502 g/mol. The number of aryl methyl sites for hydroxylation is 3. The van der Waals surface area contributed by atoms with Gasteiger partial charge in [0.1, 0.15) is 12.4 Å². The van der Waals surface area contributed by atoms with Crippen LogP contribution in [-0.4, -0.2) is 25.0 Å². The van der Waals surface area contributed by atoms with Crippen LogP contribution in [0.3, 0.4) is 0 Å². The van der Waals surface area contributed by atoms with Gasteiger partial charge in [-0.25, -0.2) is 0 Å². The quantitative estimate of drug-likeness (QED) is 0.175. The van der Waals surface area contributed by atoms with Crippen molar-refractivity contribution in [2.75, 3.05) is 0 Å². The molecule has 0 aliphatic rings. The number of hydrogen-bond acceptors (Lipinski definition) is 8. The molecule has 5 aromatic rings. The Morgan fingerprint density at radius 3 is 2.46 bits per heavy atom. The van der Waals surface area contributed by atoms with Crippen molar-refractivity contribution in [2.45, 2.75) is 57.7 Å². The summed E-state index contributed by atoms with van der Waals surface area (Å²) in [6.07, 6.45) is 2.00. The van der Waals surface area contributed by atoms with Gasteiger partial charge in [-0.2, -0.15) is 0 Å². The highest BCUT2D eigenvalue weighted by Gasteiger charge is 2.17. The Morgan fingerprint density at radius 1 is 0.919 bits per heavy atom. The SMILES string of the molecule is CCc1ccc(OCc2nnc(SCc3nnc(-c4cc(C)c(CC)s4)o3)n2Cc2ccccc2)cc1. The number of thiophene rings is 1. The number of rotatable bonds is 11. The second-order valence-corrected chi connectivity index (χ2v) is 10.7. The van der Waals surface area contributed by atoms with E-state index in [0.717, 1.165) is 40.0 Å². The van der Waals surface area contributed by atoms with Gasteiger partial charge in [-0.05, 0) is 54.7 Å². The van der Waals surface area contributed by atoms with Crippen LogP contribution in [0.4, 0.5) is 0 Å². The van der Waals surface area contributed by atoms with E-state index in [0.29, 0.717) is 30.7 Å². The van der Waals surface area contributed by atoms with E-state index >= 15 is 0 Å². The molecule has 0 atom stereocenters. The van der Waals surface area contributed by atoms with Crippen molar-refractivity contribution in [1.82, 2.24) is 25.0 Å². The van der Waals surface area contributed by atoms with E-state index in [2.05, 4.69) is 76.1 Å². The van der Waals surface area contributed by atoms with E-state index in [-0.39, 0.29) is 0 Å². The highest BCUT2D eigenvalue weighted by Crippen LogP contribution is 2.32. The molecular formula is C28H29N5O2S2. The lowest BCUT2D eigenvalue weighted by Crippen LogP contribution is -2.09. The molecule has 0 spiro atoms. The fourth-order valence-electron chi connectivity index (χ4n) is 3.94. The Morgan fingerprint density at radius 2 is 1.73 bits per heavy atom. The zero-order chi connectivity index (χ0) is 25.6. The number of nitrogens with zero attached hydrogens (tertiary/aromatic N) is 5. The topological polar surface area (TPSA) is 78.9 Å². The summed E-state index contributed by atoms with van der Waals surface area (Å²) in [7, 11) is 0. The standard InChI is InChI=1S/C28H29N5O2S2/c1-4-20-11-13-22(14-12-20)34-17-25-29-32-28(33(25)16-21-9-7-6-8-10-21)36-18-26-30-31-27(35-26)24-15-19(3)23(5-2)37-24/h6-15H,4-5,16-18H2,1-3H3. The van der Waals surface area contributed by atoms with E-state index < -0.39 is 0 Å². The van der Waals surface area contributed by atoms with Gasteiger partial charge in [0.05, 0.1) is 17.2 Å². The monoisotopic (exact) mass is 531 g/mol. The van der Waals surface area contributed by atoms with Crippen LogP contribution >= 0.6 is 23.1 Å². The first-order valence-corrected chi connectivity index (χ1v) is 14.2. The van der Waals surface area contributed by atoms with Gasteiger partial charge in [0.25, 0.3) is 5.89 Å². The van der Waals surface area contributed by atoms with Crippen LogP contribution in [-0.2, 0) is 31.7 Å². The third-order valence-electron chi connectivity index (χ3n) is 6.02. The predicted octanol–water partition coefficient (Wildman–Crippen LogP) is 6.74. The van der Waals surface area contributed by atoms with E-state index in [9.17, 15) is 0 Å². The molecule has 0 fully saturated rings. The number of ether oxygens (including phenoxy) is 1. The molecule has 0 radical (unpaired) electrons. The average Bonchev–Trinajstić information content (AvgIpc) is 3.66. The van der Waals surface area contributed by atoms with Gasteiger partial charge >= 0.3 is 0 Å². The molecule has 0 saturated carbocycles. The molecule has 5 rings (SSSR count). The molecule has 7 nitrogen and oxygen atoms in total. The van der Waals surface area contributed by atoms with Gasteiger partial charge in [0.2, 0.25) is 5.89 Å². The highest BCUT2D eigenvalue weighted by atomic mass is 32.2. The maximum atomic E-state index is 6.05. The summed E-state index contributed by atoms with van der Waals surface area (Å²) in [4.78, 5) is 2.35. The first kappa shape index (κ1) is 25.2. The predicted molar refractivity (Wildman–Crippen MR) is 147 cm³/mol. The maximum Gasteiger partial charge on any atom is 0.257 e. The number of hydrogen-bond donors (Lipinski definition) is 0. The molecule has 0 aliphatic carbocycles. The Hall–Kier alpha value is -3.43. The summed E-state index contributed by atoms with van der Waals surface area (Å²) < 4.78 is 14.1. The van der Waals surface area contributed by atoms with Crippen LogP contribution in [0.1, 0.15) is 47.1 Å². The fourth-order valence-corrected chi connectivity index (χ4v) is 5.77. The largest absolute Gasteiger partial charge is 0.486 e. The summed E-state index contributed by atoms with van der Waals surface area (Å²) in [6.45, 7) is 7.39. The molecule has 9 heteroatoms. The van der Waals surface area contributed by atoms with E-state index in [1.807, 2.05) is 30.3 Å². The van der Waals surface area contributed by atoms with E-state index in [1.165, 1.54) is 27.8 Å². The summed E-state index contributed by atoms with van der Waals surface area (Å²) in [5.74, 6) is 3.21. The van der Waals surface area contributed by atoms with Crippen molar-refractivity contribution < 1.29 is 9.15 Å². The Bertz CT molecular complexity index is 1440. The van der Waals surface area contributed by atoms with Crippen molar-refractivity contribution in [3.8, 4) is 16.5 Å². The normalized spacial score (nSPS) is 11.2. The van der Waals surface area contributed by atoms with Crippen molar-refractivity contribution in [3.05, 3.63) is 93.9 Å². The molecule has 0 bridgehead atoms. The van der Waals surface area contributed by atoms with Crippen molar-refractivity contribution >= 4 is 23.1 Å². The summed E-state index contributed by atoms with van der Waals surface area (Å²) in [6, 6.07) is 20.6.